The largest absolute Gasteiger partial charge is 0.543 e. The Bertz CT molecular complexity index is 1450. The molecule has 0 saturated heterocycles. The molecule has 0 radical (unpaired) electrons. The minimum Gasteiger partial charge on any atom is -0.543 e. The molecule has 1 N–H and O–H groups in total. The maximum absolute atomic E-state index is 6.49. The van der Waals surface area contributed by atoms with Gasteiger partial charge < -0.3 is 14.2 Å². The van der Waals surface area contributed by atoms with E-state index in [0.29, 0.717) is 0 Å². The van der Waals surface area contributed by atoms with Crippen LogP contribution in [0, 0.1) is 0 Å². The summed E-state index contributed by atoms with van der Waals surface area (Å²) in [5.41, 5.74) is 4.06. The number of anilines is 2. The van der Waals surface area contributed by atoms with Crippen molar-refractivity contribution < 1.29 is 8.84 Å². The van der Waals surface area contributed by atoms with Crippen molar-refractivity contribution in [3.05, 3.63) is 79.3 Å². The Balaban J connectivity index is 1.41. The van der Waals surface area contributed by atoms with E-state index in [2.05, 4.69) is 85.5 Å². The van der Waals surface area contributed by atoms with Gasteiger partial charge in [-0.25, -0.2) is 9.97 Å². The fraction of sp³-hybridized carbons (Fsp3) is 0.214. The molecule has 0 unspecified atom stereocenters. The van der Waals surface area contributed by atoms with Gasteiger partial charge in [0.1, 0.15) is 17.8 Å². The first kappa shape index (κ1) is 23.3. The zero-order valence-electron chi connectivity index (χ0n) is 20.6. The highest BCUT2D eigenvalue weighted by atomic mass is 32.1. The molecule has 7 heteroatoms. The molecule has 3 aromatic heterocycles. The molecule has 0 aliphatic carbocycles. The van der Waals surface area contributed by atoms with Gasteiger partial charge in [0.25, 0.3) is 0 Å². The third-order valence-corrected chi connectivity index (χ3v) is 12.1. The van der Waals surface area contributed by atoms with E-state index in [1.54, 1.807) is 23.9 Å². The minimum absolute atomic E-state index is 0.138. The smallest absolute Gasteiger partial charge is 0.250 e. The average Bonchev–Trinajstić information content (AvgIpc) is 3.49. The van der Waals surface area contributed by atoms with Gasteiger partial charge in [0.05, 0.1) is 16.5 Å². The van der Waals surface area contributed by atoms with Crippen molar-refractivity contribution >= 4 is 41.4 Å². The number of rotatable bonds is 6. The first-order valence-corrected chi connectivity index (χ1v) is 15.4. The van der Waals surface area contributed by atoms with Crippen LogP contribution < -0.4 is 9.74 Å². The Kier molecular flexibility index (Phi) is 5.98. The van der Waals surface area contributed by atoms with E-state index in [1.807, 2.05) is 30.3 Å². The Morgan fingerprint density at radius 2 is 1.69 bits per heavy atom. The summed E-state index contributed by atoms with van der Waals surface area (Å²) in [6.45, 7) is 11.3. The monoisotopic (exact) mass is 499 g/mol. The summed E-state index contributed by atoms with van der Waals surface area (Å²) in [5.74, 6) is 2.54. The standard InChI is InChI=1S/C28H29N3O2SSi/c1-28(2,3)35(4,5)33-22-9-6-8-21(16-22)31-27-26-23(29-18-30-27)17-25(34-26)20-13-11-19(12-14-20)24-10-7-15-32-24/h6-18H,1-5H3,(H,29,30,31). The van der Waals surface area contributed by atoms with Gasteiger partial charge in [0, 0.05) is 22.2 Å². The van der Waals surface area contributed by atoms with E-state index in [-0.39, 0.29) is 5.04 Å². The highest BCUT2D eigenvalue weighted by Gasteiger charge is 2.39. The summed E-state index contributed by atoms with van der Waals surface area (Å²) < 4.78 is 13.0. The van der Waals surface area contributed by atoms with E-state index in [0.717, 1.165) is 49.2 Å². The predicted molar refractivity (Wildman–Crippen MR) is 148 cm³/mol. The molecule has 0 atom stereocenters. The van der Waals surface area contributed by atoms with Crippen LogP contribution in [-0.4, -0.2) is 18.3 Å². The Morgan fingerprint density at radius 1 is 0.914 bits per heavy atom. The third kappa shape index (κ3) is 4.87. The predicted octanol–water partition coefficient (Wildman–Crippen LogP) is 8.75. The van der Waals surface area contributed by atoms with Crippen molar-refractivity contribution in [2.45, 2.75) is 38.9 Å². The fourth-order valence-corrected chi connectivity index (χ4v) is 5.63. The summed E-state index contributed by atoms with van der Waals surface area (Å²) in [6.07, 6.45) is 3.30. The second-order valence-corrected chi connectivity index (χ2v) is 15.9. The molecule has 5 nitrogen and oxygen atoms in total. The number of benzene rings is 2. The summed E-state index contributed by atoms with van der Waals surface area (Å²) in [7, 11) is -1.92. The van der Waals surface area contributed by atoms with Crippen LogP contribution in [0.25, 0.3) is 32.0 Å². The van der Waals surface area contributed by atoms with Crippen molar-refractivity contribution in [3.63, 3.8) is 0 Å². The lowest BCUT2D eigenvalue weighted by Gasteiger charge is -2.36. The number of furan rings is 1. The Labute approximate surface area is 211 Å². The van der Waals surface area contributed by atoms with Crippen LogP contribution in [0.5, 0.6) is 5.75 Å². The molecule has 0 amide bonds. The highest BCUT2D eigenvalue weighted by Crippen LogP contribution is 2.39. The van der Waals surface area contributed by atoms with Crippen LogP contribution in [0.15, 0.2) is 83.7 Å². The number of fused-ring (bicyclic) bond motifs is 1. The highest BCUT2D eigenvalue weighted by molar-refractivity contribution is 7.22. The van der Waals surface area contributed by atoms with Gasteiger partial charge >= 0.3 is 0 Å². The van der Waals surface area contributed by atoms with Gasteiger partial charge in [-0.15, -0.1) is 11.3 Å². The molecule has 0 spiro atoms. The summed E-state index contributed by atoms with van der Waals surface area (Å²) in [4.78, 5) is 10.2. The van der Waals surface area contributed by atoms with E-state index in [9.17, 15) is 0 Å². The molecule has 0 bridgehead atoms. The van der Waals surface area contributed by atoms with Crippen molar-refractivity contribution in [1.82, 2.24) is 9.97 Å². The number of hydrogen-bond acceptors (Lipinski definition) is 6. The lowest BCUT2D eigenvalue weighted by Crippen LogP contribution is -2.43. The molecule has 2 aromatic carbocycles. The van der Waals surface area contributed by atoms with Crippen molar-refractivity contribution in [3.8, 4) is 27.5 Å². The molecule has 5 rings (SSSR count). The van der Waals surface area contributed by atoms with Crippen LogP contribution in [0.4, 0.5) is 11.5 Å². The lowest BCUT2D eigenvalue weighted by molar-refractivity contribution is 0.492. The zero-order valence-corrected chi connectivity index (χ0v) is 22.4. The number of nitrogens with zero attached hydrogens (tertiary/aromatic N) is 2. The average molecular weight is 500 g/mol. The van der Waals surface area contributed by atoms with Crippen LogP contribution in [-0.2, 0) is 0 Å². The topological polar surface area (TPSA) is 60.2 Å². The minimum atomic E-state index is -1.92. The van der Waals surface area contributed by atoms with Gasteiger partial charge in [-0.05, 0) is 54.0 Å². The van der Waals surface area contributed by atoms with Crippen LogP contribution in [0.1, 0.15) is 20.8 Å². The summed E-state index contributed by atoms with van der Waals surface area (Å²) in [5, 5.41) is 3.62. The van der Waals surface area contributed by atoms with Gasteiger partial charge in [0.2, 0.25) is 8.32 Å². The molecule has 0 fully saturated rings. The van der Waals surface area contributed by atoms with Crippen molar-refractivity contribution in [2.75, 3.05) is 5.32 Å². The number of hydrogen-bond donors (Lipinski definition) is 1. The molecular formula is C28H29N3O2SSi. The molecular weight excluding hydrogens is 470 g/mol. The van der Waals surface area contributed by atoms with Gasteiger partial charge in [-0.1, -0.05) is 51.1 Å². The number of aromatic nitrogens is 2. The van der Waals surface area contributed by atoms with E-state index >= 15 is 0 Å². The van der Waals surface area contributed by atoms with E-state index in [4.69, 9.17) is 8.84 Å². The quantitative estimate of drug-likeness (QED) is 0.237. The van der Waals surface area contributed by atoms with Crippen LogP contribution in [0.2, 0.25) is 18.1 Å². The maximum Gasteiger partial charge on any atom is 0.250 e. The van der Waals surface area contributed by atoms with Crippen LogP contribution in [0.3, 0.4) is 0 Å². The Hall–Kier alpha value is -3.42. The molecule has 5 aromatic rings. The van der Waals surface area contributed by atoms with Gasteiger partial charge in [-0.3, -0.25) is 0 Å². The van der Waals surface area contributed by atoms with Crippen molar-refractivity contribution in [1.29, 1.82) is 0 Å². The zero-order chi connectivity index (χ0) is 24.6. The SMILES string of the molecule is CC(C)(C)[Si](C)(C)Oc1cccc(Nc2ncnc3cc(-c4ccc(-c5ccco5)cc4)sc23)c1. The lowest BCUT2D eigenvalue weighted by atomic mass is 10.1. The van der Waals surface area contributed by atoms with Crippen LogP contribution >= 0.6 is 11.3 Å². The third-order valence-electron chi connectivity index (χ3n) is 6.56. The second kappa shape index (κ2) is 8.98. The summed E-state index contributed by atoms with van der Waals surface area (Å²) >= 11 is 1.68. The maximum atomic E-state index is 6.49. The normalized spacial score (nSPS) is 12.1. The molecule has 0 saturated carbocycles. The first-order valence-electron chi connectivity index (χ1n) is 11.6. The molecule has 3 heterocycles. The Morgan fingerprint density at radius 3 is 2.40 bits per heavy atom. The number of thiophene rings is 1. The van der Waals surface area contributed by atoms with Gasteiger partial charge in [-0.2, -0.15) is 0 Å². The van der Waals surface area contributed by atoms with Crippen molar-refractivity contribution in [2.24, 2.45) is 0 Å². The molecule has 178 valence electrons. The second-order valence-electron chi connectivity index (χ2n) is 10.1. The van der Waals surface area contributed by atoms with E-state index in [1.165, 1.54) is 0 Å². The number of nitrogens with one attached hydrogen (secondary N) is 1. The van der Waals surface area contributed by atoms with E-state index < -0.39 is 8.32 Å². The first-order chi connectivity index (χ1) is 16.7. The molecule has 0 aliphatic rings. The fourth-order valence-electron chi connectivity index (χ4n) is 3.55. The van der Waals surface area contributed by atoms with Gasteiger partial charge in [0.15, 0.2) is 5.82 Å². The molecule has 0 aliphatic heterocycles. The summed E-state index contributed by atoms with van der Waals surface area (Å²) in [6, 6.07) is 22.5. The molecule has 35 heavy (non-hydrogen) atoms.